The van der Waals surface area contributed by atoms with Crippen molar-refractivity contribution in [3.63, 3.8) is 0 Å². The third-order valence-corrected chi connectivity index (χ3v) is 2.79. The standard InChI is InChI=1S/C14H24N2O.ClH/c1-16(2)14-8-6-13(7-9-14)12-15-10-4-3-5-11-17;/h6-9,15,17H,3-5,10-12H2,1-2H3;1H. The highest BCUT2D eigenvalue weighted by molar-refractivity contribution is 5.85. The van der Waals surface area contributed by atoms with E-state index in [1.807, 2.05) is 0 Å². The van der Waals surface area contributed by atoms with Gasteiger partial charge in [0.2, 0.25) is 0 Å². The monoisotopic (exact) mass is 272 g/mol. The van der Waals surface area contributed by atoms with E-state index in [1.54, 1.807) is 0 Å². The van der Waals surface area contributed by atoms with Gasteiger partial charge in [-0.1, -0.05) is 12.1 Å². The Morgan fingerprint density at radius 2 is 1.72 bits per heavy atom. The summed E-state index contributed by atoms with van der Waals surface area (Å²) in [4.78, 5) is 2.10. The zero-order valence-electron chi connectivity index (χ0n) is 11.4. The van der Waals surface area contributed by atoms with Crippen molar-refractivity contribution in [3.8, 4) is 0 Å². The summed E-state index contributed by atoms with van der Waals surface area (Å²) in [5.41, 5.74) is 2.55. The molecule has 1 rings (SSSR count). The molecule has 1 aromatic carbocycles. The van der Waals surface area contributed by atoms with Crippen LogP contribution in [0, 0.1) is 0 Å². The second kappa shape index (κ2) is 10.2. The van der Waals surface area contributed by atoms with Crippen molar-refractivity contribution in [2.24, 2.45) is 0 Å². The highest BCUT2D eigenvalue weighted by Gasteiger charge is 1.96. The van der Waals surface area contributed by atoms with Crippen LogP contribution in [-0.2, 0) is 6.54 Å². The second-order valence-corrected chi connectivity index (χ2v) is 4.52. The highest BCUT2D eigenvalue weighted by Crippen LogP contribution is 2.11. The van der Waals surface area contributed by atoms with Gasteiger partial charge in [0.25, 0.3) is 0 Å². The number of halogens is 1. The zero-order valence-corrected chi connectivity index (χ0v) is 12.2. The van der Waals surface area contributed by atoms with E-state index >= 15 is 0 Å². The number of unbranched alkanes of at least 4 members (excludes halogenated alkanes) is 2. The van der Waals surface area contributed by atoms with E-state index < -0.39 is 0 Å². The van der Waals surface area contributed by atoms with Crippen LogP contribution in [0.5, 0.6) is 0 Å². The van der Waals surface area contributed by atoms with Crippen molar-refractivity contribution in [3.05, 3.63) is 29.8 Å². The number of hydrogen-bond donors (Lipinski definition) is 2. The molecular weight excluding hydrogens is 248 g/mol. The molecule has 0 saturated carbocycles. The predicted molar refractivity (Wildman–Crippen MR) is 80.7 cm³/mol. The van der Waals surface area contributed by atoms with E-state index in [-0.39, 0.29) is 12.4 Å². The van der Waals surface area contributed by atoms with Crippen LogP contribution in [0.2, 0.25) is 0 Å². The number of rotatable bonds is 8. The maximum absolute atomic E-state index is 8.65. The lowest BCUT2D eigenvalue weighted by Crippen LogP contribution is -2.15. The summed E-state index contributed by atoms with van der Waals surface area (Å²) >= 11 is 0. The van der Waals surface area contributed by atoms with Crippen molar-refractivity contribution in [1.29, 1.82) is 0 Å². The number of nitrogens with one attached hydrogen (secondary N) is 1. The van der Waals surface area contributed by atoms with Gasteiger partial charge in [0.1, 0.15) is 0 Å². The van der Waals surface area contributed by atoms with Crippen LogP contribution in [0.25, 0.3) is 0 Å². The smallest absolute Gasteiger partial charge is 0.0431 e. The zero-order chi connectivity index (χ0) is 12.5. The molecule has 0 aromatic heterocycles. The molecule has 4 heteroatoms. The first-order chi connectivity index (χ1) is 8.24. The molecule has 0 fully saturated rings. The molecule has 0 amide bonds. The Bertz CT molecular complexity index is 301. The lowest BCUT2D eigenvalue weighted by atomic mass is 10.2. The van der Waals surface area contributed by atoms with Crippen LogP contribution in [0.1, 0.15) is 24.8 Å². The Kier molecular flexibility index (Phi) is 9.74. The molecule has 104 valence electrons. The lowest BCUT2D eigenvalue weighted by Gasteiger charge is -2.12. The summed E-state index contributed by atoms with van der Waals surface area (Å²) < 4.78 is 0. The lowest BCUT2D eigenvalue weighted by molar-refractivity contribution is 0.283. The summed E-state index contributed by atoms with van der Waals surface area (Å²) in [6.07, 6.45) is 3.15. The van der Waals surface area contributed by atoms with Gasteiger partial charge in [-0.05, 0) is 43.5 Å². The molecule has 0 spiro atoms. The van der Waals surface area contributed by atoms with Crippen LogP contribution in [0.15, 0.2) is 24.3 Å². The Labute approximate surface area is 117 Å². The highest BCUT2D eigenvalue weighted by atomic mass is 35.5. The SMILES string of the molecule is CN(C)c1ccc(CNCCCCCO)cc1.Cl. The third kappa shape index (κ3) is 6.84. The molecule has 0 bridgehead atoms. The normalized spacial score (nSPS) is 9.94. The molecule has 0 unspecified atom stereocenters. The summed E-state index contributed by atoms with van der Waals surface area (Å²) in [6, 6.07) is 8.61. The van der Waals surface area contributed by atoms with Crippen LogP contribution >= 0.6 is 12.4 Å². The topological polar surface area (TPSA) is 35.5 Å². The largest absolute Gasteiger partial charge is 0.396 e. The van der Waals surface area contributed by atoms with E-state index in [0.29, 0.717) is 6.61 Å². The van der Waals surface area contributed by atoms with E-state index in [1.165, 1.54) is 11.3 Å². The summed E-state index contributed by atoms with van der Waals surface area (Å²) in [5, 5.41) is 12.1. The quantitative estimate of drug-likeness (QED) is 0.714. The van der Waals surface area contributed by atoms with Gasteiger partial charge in [0.15, 0.2) is 0 Å². The fraction of sp³-hybridized carbons (Fsp3) is 0.571. The summed E-state index contributed by atoms with van der Waals surface area (Å²) in [7, 11) is 4.10. The Balaban J connectivity index is 0.00000289. The fourth-order valence-corrected chi connectivity index (χ4v) is 1.68. The fourth-order valence-electron chi connectivity index (χ4n) is 1.68. The predicted octanol–water partition coefficient (Wildman–Crippen LogP) is 2.43. The van der Waals surface area contributed by atoms with Crippen molar-refractivity contribution in [2.45, 2.75) is 25.8 Å². The van der Waals surface area contributed by atoms with Gasteiger partial charge in [-0.3, -0.25) is 0 Å². The maximum atomic E-state index is 8.65. The van der Waals surface area contributed by atoms with Crippen LogP contribution in [0.3, 0.4) is 0 Å². The molecule has 0 heterocycles. The number of aliphatic hydroxyl groups is 1. The molecule has 0 aliphatic carbocycles. The van der Waals surface area contributed by atoms with Gasteiger partial charge < -0.3 is 15.3 Å². The van der Waals surface area contributed by atoms with E-state index in [9.17, 15) is 0 Å². The first kappa shape index (κ1) is 17.2. The van der Waals surface area contributed by atoms with Crippen LogP contribution in [-0.4, -0.2) is 32.4 Å². The van der Waals surface area contributed by atoms with Crippen molar-refractivity contribution >= 4 is 18.1 Å². The number of benzene rings is 1. The van der Waals surface area contributed by atoms with Gasteiger partial charge in [-0.15, -0.1) is 12.4 Å². The molecule has 0 aliphatic rings. The number of hydrogen-bond acceptors (Lipinski definition) is 3. The Hall–Kier alpha value is -0.770. The molecule has 0 aliphatic heterocycles. The van der Waals surface area contributed by atoms with E-state index in [2.05, 4.69) is 48.6 Å². The average molecular weight is 273 g/mol. The molecule has 1 aromatic rings. The number of nitrogens with zero attached hydrogens (tertiary/aromatic N) is 1. The Morgan fingerprint density at radius 3 is 2.28 bits per heavy atom. The number of anilines is 1. The minimum absolute atomic E-state index is 0. The van der Waals surface area contributed by atoms with Gasteiger partial charge in [-0.2, -0.15) is 0 Å². The van der Waals surface area contributed by atoms with Crippen molar-refractivity contribution < 1.29 is 5.11 Å². The molecule has 3 nitrogen and oxygen atoms in total. The first-order valence-corrected chi connectivity index (χ1v) is 6.32. The molecule has 0 radical (unpaired) electrons. The van der Waals surface area contributed by atoms with Gasteiger partial charge in [0.05, 0.1) is 0 Å². The average Bonchev–Trinajstić information content (AvgIpc) is 2.34. The van der Waals surface area contributed by atoms with Gasteiger partial charge in [-0.25, -0.2) is 0 Å². The van der Waals surface area contributed by atoms with Crippen molar-refractivity contribution in [1.82, 2.24) is 5.32 Å². The second-order valence-electron chi connectivity index (χ2n) is 4.52. The Morgan fingerprint density at radius 1 is 1.06 bits per heavy atom. The number of aliphatic hydroxyl groups excluding tert-OH is 1. The third-order valence-electron chi connectivity index (χ3n) is 2.79. The first-order valence-electron chi connectivity index (χ1n) is 6.32. The molecule has 0 saturated heterocycles. The van der Waals surface area contributed by atoms with Gasteiger partial charge >= 0.3 is 0 Å². The molecular formula is C14H25ClN2O. The summed E-state index contributed by atoms with van der Waals surface area (Å²) in [6.45, 7) is 2.26. The summed E-state index contributed by atoms with van der Waals surface area (Å²) in [5.74, 6) is 0. The van der Waals surface area contributed by atoms with Gasteiger partial charge in [0, 0.05) is 32.9 Å². The molecule has 0 atom stereocenters. The van der Waals surface area contributed by atoms with E-state index in [4.69, 9.17) is 5.11 Å². The van der Waals surface area contributed by atoms with Crippen LogP contribution in [0.4, 0.5) is 5.69 Å². The molecule has 18 heavy (non-hydrogen) atoms. The minimum Gasteiger partial charge on any atom is -0.396 e. The minimum atomic E-state index is 0. The van der Waals surface area contributed by atoms with Crippen molar-refractivity contribution in [2.75, 3.05) is 32.1 Å². The maximum Gasteiger partial charge on any atom is 0.0431 e. The molecule has 2 N–H and O–H groups in total. The van der Waals surface area contributed by atoms with Crippen LogP contribution < -0.4 is 10.2 Å². The van der Waals surface area contributed by atoms with E-state index in [0.717, 1.165) is 32.4 Å².